The molecule has 2 heterocycles. The zero-order valence-electron chi connectivity index (χ0n) is 19.5. The fourth-order valence-corrected chi connectivity index (χ4v) is 4.78. The van der Waals surface area contributed by atoms with Crippen LogP contribution in [0.5, 0.6) is 5.75 Å². The number of rotatable bonds is 8. The predicted molar refractivity (Wildman–Crippen MR) is 134 cm³/mol. The first-order valence-corrected chi connectivity index (χ1v) is 11.9. The molecule has 174 valence electrons. The van der Waals surface area contributed by atoms with E-state index < -0.39 is 0 Å². The smallest absolute Gasteiger partial charge is 0.340 e. The number of aromatic nitrogens is 1. The Morgan fingerprint density at radius 2 is 1.79 bits per heavy atom. The van der Waals surface area contributed by atoms with Gasteiger partial charge >= 0.3 is 5.97 Å². The number of esters is 1. The standard InChI is InChI=1S/C29H30N2O3/c1-21-28(29(32)34-20-22-8-4-2-5-9-22)26-18-25(12-13-27(26)30-21)33-17-16-31-15-14-24(19-31)23-10-6-3-7-11-23/h2-13,18,24,30H,14-17,19-20H2,1H3. The topological polar surface area (TPSA) is 54.6 Å². The first-order chi connectivity index (χ1) is 16.7. The molecule has 0 spiro atoms. The summed E-state index contributed by atoms with van der Waals surface area (Å²) in [5.41, 5.74) is 4.66. The van der Waals surface area contributed by atoms with Gasteiger partial charge in [-0.15, -0.1) is 0 Å². The number of aryl methyl sites for hydroxylation is 1. The van der Waals surface area contributed by atoms with Gasteiger partial charge in [-0.1, -0.05) is 60.7 Å². The van der Waals surface area contributed by atoms with Crippen LogP contribution in [0.25, 0.3) is 10.9 Å². The highest BCUT2D eigenvalue weighted by Crippen LogP contribution is 2.29. The molecule has 1 aliphatic rings. The molecule has 34 heavy (non-hydrogen) atoms. The van der Waals surface area contributed by atoms with E-state index in [0.29, 0.717) is 18.1 Å². The Balaban J connectivity index is 1.20. The van der Waals surface area contributed by atoms with Crippen LogP contribution in [0.1, 0.15) is 39.5 Å². The summed E-state index contributed by atoms with van der Waals surface area (Å²) in [6.07, 6.45) is 1.19. The molecular formula is C29H30N2O3. The van der Waals surface area contributed by atoms with Crippen LogP contribution in [0, 0.1) is 6.92 Å². The highest BCUT2D eigenvalue weighted by atomic mass is 16.5. The van der Waals surface area contributed by atoms with Gasteiger partial charge in [-0.2, -0.15) is 0 Å². The average molecular weight is 455 g/mol. The number of H-pyrrole nitrogens is 1. The number of aromatic amines is 1. The average Bonchev–Trinajstić information content (AvgIpc) is 3.47. The van der Waals surface area contributed by atoms with Crippen molar-refractivity contribution in [2.75, 3.05) is 26.2 Å². The number of nitrogens with one attached hydrogen (secondary N) is 1. The van der Waals surface area contributed by atoms with E-state index in [1.807, 2.05) is 55.5 Å². The molecule has 1 aliphatic heterocycles. The van der Waals surface area contributed by atoms with Gasteiger partial charge in [0, 0.05) is 29.7 Å². The summed E-state index contributed by atoms with van der Waals surface area (Å²) >= 11 is 0. The fourth-order valence-electron chi connectivity index (χ4n) is 4.78. The van der Waals surface area contributed by atoms with Gasteiger partial charge in [-0.25, -0.2) is 4.79 Å². The summed E-state index contributed by atoms with van der Waals surface area (Å²) in [5, 5.41) is 0.832. The van der Waals surface area contributed by atoms with Gasteiger partial charge in [0.05, 0.1) is 5.56 Å². The van der Waals surface area contributed by atoms with Crippen molar-refractivity contribution in [2.24, 2.45) is 0 Å². The van der Waals surface area contributed by atoms with Gasteiger partial charge in [-0.3, -0.25) is 4.90 Å². The maximum absolute atomic E-state index is 12.9. The van der Waals surface area contributed by atoms with Crippen molar-refractivity contribution in [2.45, 2.75) is 25.9 Å². The van der Waals surface area contributed by atoms with Gasteiger partial charge in [0.15, 0.2) is 0 Å². The Morgan fingerprint density at radius 3 is 2.59 bits per heavy atom. The molecule has 4 aromatic rings. The van der Waals surface area contributed by atoms with E-state index in [0.717, 1.165) is 47.5 Å². The number of ether oxygens (including phenoxy) is 2. The van der Waals surface area contributed by atoms with Gasteiger partial charge in [0.2, 0.25) is 0 Å². The molecule has 1 saturated heterocycles. The van der Waals surface area contributed by atoms with Crippen LogP contribution in [0.15, 0.2) is 78.9 Å². The first-order valence-electron chi connectivity index (χ1n) is 11.9. The minimum atomic E-state index is -0.325. The maximum atomic E-state index is 12.9. The number of nitrogens with zero attached hydrogens (tertiary/aromatic N) is 1. The van der Waals surface area contributed by atoms with E-state index in [2.05, 4.69) is 40.2 Å². The SMILES string of the molecule is Cc1[nH]c2ccc(OCCN3CCC(c4ccccc4)C3)cc2c1C(=O)OCc1ccccc1. The molecule has 5 nitrogen and oxygen atoms in total. The summed E-state index contributed by atoms with van der Waals surface area (Å²) < 4.78 is 11.7. The number of hydrogen-bond acceptors (Lipinski definition) is 4. The van der Waals surface area contributed by atoms with Crippen molar-refractivity contribution in [3.8, 4) is 5.75 Å². The summed E-state index contributed by atoms with van der Waals surface area (Å²) in [6, 6.07) is 26.3. The minimum Gasteiger partial charge on any atom is -0.492 e. The van der Waals surface area contributed by atoms with Crippen LogP contribution in [-0.4, -0.2) is 42.1 Å². The molecule has 1 unspecified atom stereocenters. The number of benzene rings is 3. The molecule has 0 bridgehead atoms. The lowest BCUT2D eigenvalue weighted by Gasteiger charge is -2.16. The summed E-state index contributed by atoms with van der Waals surface area (Å²) in [4.78, 5) is 18.6. The number of fused-ring (bicyclic) bond motifs is 1. The molecular weight excluding hydrogens is 424 g/mol. The molecule has 5 heteroatoms. The van der Waals surface area contributed by atoms with Gasteiger partial charge in [-0.05, 0) is 55.1 Å². The summed E-state index contributed by atoms with van der Waals surface area (Å²) in [5.74, 6) is 1.04. The zero-order valence-corrected chi connectivity index (χ0v) is 19.5. The number of carbonyl (C=O) groups is 1. The molecule has 0 aliphatic carbocycles. The lowest BCUT2D eigenvalue weighted by atomic mass is 9.99. The van der Waals surface area contributed by atoms with Crippen LogP contribution in [0.2, 0.25) is 0 Å². The van der Waals surface area contributed by atoms with E-state index in [1.165, 1.54) is 12.0 Å². The number of carbonyl (C=O) groups excluding carboxylic acids is 1. The monoisotopic (exact) mass is 454 g/mol. The molecule has 3 aromatic carbocycles. The van der Waals surface area contributed by atoms with E-state index in [4.69, 9.17) is 9.47 Å². The minimum absolute atomic E-state index is 0.252. The third-order valence-corrected chi connectivity index (χ3v) is 6.59. The molecule has 1 aromatic heterocycles. The highest BCUT2D eigenvalue weighted by Gasteiger charge is 2.23. The van der Waals surface area contributed by atoms with Crippen LogP contribution >= 0.6 is 0 Å². The van der Waals surface area contributed by atoms with Crippen molar-refractivity contribution in [3.63, 3.8) is 0 Å². The van der Waals surface area contributed by atoms with Crippen LogP contribution in [-0.2, 0) is 11.3 Å². The largest absolute Gasteiger partial charge is 0.492 e. The van der Waals surface area contributed by atoms with Gasteiger partial charge in [0.1, 0.15) is 19.0 Å². The normalized spacial score (nSPS) is 16.1. The van der Waals surface area contributed by atoms with Crippen molar-refractivity contribution < 1.29 is 14.3 Å². The zero-order chi connectivity index (χ0) is 23.3. The van der Waals surface area contributed by atoms with Crippen molar-refractivity contribution in [3.05, 3.63) is 101 Å². The van der Waals surface area contributed by atoms with E-state index >= 15 is 0 Å². The lowest BCUT2D eigenvalue weighted by Crippen LogP contribution is -2.26. The molecule has 0 radical (unpaired) electrons. The Kier molecular flexibility index (Phi) is 6.63. The second-order valence-corrected chi connectivity index (χ2v) is 8.94. The number of likely N-dealkylation sites (tertiary alicyclic amines) is 1. The first kappa shape index (κ1) is 22.2. The van der Waals surface area contributed by atoms with Crippen molar-refractivity contribution in [1.29, 1.82) is 0 Å². The molecule has 1 atom stereocenters. The van der Waals surface area contributed by atoms with Crippen LogP contribution in [0.3, 0.4) is 0 Å². The molecule has 5 rings (SSSR count). The summed E-state index contributed by atoms with van der Waals surface area (Å²) in [6.45, 7) is 5.82. The Labute approximate surface area is 200 Å². The molecule has 1 N–H and O–H groups in total. The number of hydrogen-bond donors (Lipinski definition) is 1. The predicted octanol–water partition coefficient (Wildman–Crippen LogP) is 5.70. The van der Waals surface area contributed by atoms with Gasteiger partial charge in [0.25, 0.3) is 0 Å². The third kappa shape index (κ3) is 5.00. The Hall–Kier alpha value is -3.57. The maximum Gasteiger partial charge on any atom is 0.340 e. The highest BCUT2D eigenvalue weighted by molar-refractivity contribution is 6.05. The fraction of sp³-hybridized carbons (Fsp3) is 0.276. The van der Waals surface area contributed by atoms with Gasteiger partial charge < -0.3 is 14.5 Å². The third-order valence-electron chi connectivity index (χ3n) is 6.59. The second kappa shape index (κ2) is 10.1. The van der Waals surface area contributed by atoms with Crippen molar-refractivity contribution in [1.82, 2.24) is 9.88 Å². The Morgan fingerprint density at radius 1 is 1.03 bits per heavy atom. The molecule has 0 amide bonds. The molecule has 1 fully saturated rings. The van der Waals surface area contributed by atoms with Crippen molar-refractivity contribution >= 4 is 16.9 Å². The second-order valence-electron chi connectivity index (χ2n) is 8.94. The summed E-state index contributed by atoms with van der Waals surface area (Å²) in [7, 11) is 0. The lowest BCUT2D eigenvalue weighted by molar-refractivity contribution is 0.0474. The Bertz CT molecular complexity index is 1250. The van der Waals surface area contributed by atoms with E-state index in [9.17, 15) is 4.79 Å². The van der Waals surface area contributed by atoms with E-state index in [-0.39, 0.29) is 12.6 Å². The van der Waals surface area contributed by atoms with Crippen LogP contribution < -0.4 is 4.74 Å². The molecule has 0 saturated carbocycles. The van der Waals surface area contributed by atoms with Crippen LogP contribution in [0.4, 0.5) is 0 Å². The quantitative estimate of drug-likeness (QED) is 0.347. The van der Waals surface area contributed by atoms with E-state index in [1.54, 1.807) is 0 Å².